The van der Waals surface area contributed by atoms with E-state index in [0.717, 1.165) is 18.4 Å². The molecule has 0 unspecified atom stereocenters. The van der Waals surface area contributed by atoms with Crippen molar-refractivity contribution >= 4 is 22.2 Å². The zero-order valence-corrected chi connectivity index (χ0v) is 16.5. The molecule has 1 aliphatic heterocycles. The second kappa shape index (κ2) is 9.73. The van der Waals surface area contributed by atoms with Crippen LogP contribution in [0.1, 0.15) is 38.2 Å². The van der Waals surface area contributed by atoms with Crippen molar-refractivity contribution in [3.8, 4) is 11.5 Å². The van der Waals surface area contributed by atoms with Crippen LogP contribution in [-0.4, -0.2) is 51.3 Å². The zero-order valence-electron chi connectivity index (χ0n) is 15.7. The number of carbonyl (C=O) groups is 1. The summed E-state index contributed by atoms with van der Waals surface area (Å²) >= 11 is 0. The molecule has 27 heavy (non-hydrogen) atoms. The molecule has 1 amide bonds. The Morgan fingerprint density at radius 1 is 1.30 bits per heavy atom. The number of rotatable bonds is 8. The summed E-state index contributed by atoms with van der Waals surface area (Å²) in [5.41, 5.74) is 0.782. The number of carbonyl (C=O) groups excluding carboxylic acids is 1. The summed E-state index contributed by atoms with van der Waals surface area (Å²) in [5.74, 6) is 1.02. The number of piperidine rings is 1. The number of ether oxygens (including phenoxy) is 2. The molecule has 8 heteroatoms. The first-order valence-electron chi connectivity index (χ1n) is 9.06. The minimum Gasteiger partial charge on any atom is -0.493 e. The molecule has 0 atom stereocenters. The van der Waals surface area contributed by atoms with Crippen molar-refractivity contribution in [3.05, 3.63) is 29.8 Å². The van der Waals surface area contributed by atoms with Crippen LogP contribution in [0.15, 0.2) is 24.3 Å². The van der Waals surface area contributed by atoms with Crippen LogP contribution in [0, 0.1) is 0 Å². The average Bonchev–Trinajstić information content (AvgIpc) is 2.66. The number of nitrogens with zero attached hydrogens (tertiary/aromatic N) is 1. The van der Waals surface area contributed by atoms with E-state index in [2.05, 4.69) is 6.92 Å². The van der Waals surface area contributed by atoms with E-state index in [1.807, 2.05) is 6.07 Å². The zero-order chi connectivity index (χ0) is 19.9. The summed E-state index contributed by atoms with van der Waals surface area (Å²) in [7, 11) is -2.97. The summed E-state index contributed by atoms with van der Waals surface area (Å²) < 4.78 is 45.9. The summed E-state index contributed by atoms with van der Waals surface area (Å²) in [6.45, 7) is 3.16. The first-order chi connectivity index (χ1) is 12.8. The third-order valence-corrected chi connectivity index (χ3v) is 5.78. The van der Waals surface area contributed by atoms with E-state index in [0.29, 0.717) is 18.1 Å². The van der Waals surface area contributed by atoms with Gasteiger partial charge in [-0.15, -0.1) is 3.89 Å². The fourth-order valence-electron chi connectivity index (χ4n) is 2.86. The van der Waals surface area contributed by atoms with Crippen molar-refractivity contribution in [1.29, 1.82) is 0 Å². The molecule has 0 aliphatic carbocycles. The molecule has 0 aromatic heterocycles. The van der Waals surface area contributed by atoms with Gasteiger partial charge in [0.2, 0.25) is 5.91 Å². The number of methoxy groups -OCH3 is 1. The quantitative estimate of drug-likeness (QED) is 0.381. The van der Waals surface area contributed by atoms with Crippen molar-refractivity contribution < 1.29 is 26.6 Å². The molecule has 1 aliphatic rings. The molecule has 1 saturated heterocycles. The third-order valence-electron chi connectivity index (χ3n) is 4.51. The van der Waals surface area contributed by atoms with Gasteiger partial charge in [0.15, 0.2) is 11.5 Å². The number of amides is 1. The van der Waals surface area contributed by atoms with E-state index in [1.54, 1.807) is 25.3 Å². The van der Waals surface area contributed by atoms with Gasteiger partial charge in [-0.1, -0.05) is 19.4 Å². The van der Waals surface area contributed by atoms with E-state index in [4.69, 9.17) is 9.47 Å². The largest absolute Gasteiger partial charge is 0.493 e. The highest BCUT2D eigenvalue weighted by atomic mass is 32.3. The summed E-state index contributed by atoms with van der Waals surface area (Å²) in [6, 6.07) is 5.42. The maximum Gasteiger partial charge on any atom is 0.305 e. The molecule has 0 saturated carbocycles. The minimum atomic E-state index is -4.53. The van der Waals surface area contributed by atoms with Crippen LogP contribution in [0.25, 0.3) is 6.08 Å². The van der Waals surface area contributed by atoms with Gasteiger partial charge in [0.05, 0.1) is 19.0 Å². The summed E-state index contributed by atoms with van der Waals surface area (Å²) in [4.78, 5) is 13.8. The van der Waals surface area contributed by atoms with Gasteiger partial charge in [-0.05, 0) is 43.0 Å². The van der Waals surface area contributed by atoms with Gasteiger partial charge in [-0.3, -0.25) is 4.79 Å². The van der Waals surface area contributed by atoms with Crippen LogP contribution in [0.2, 0.25) is 0 Å². The molecule has 1 aromatic rings. The molecule has 6 nitrogen and oxygen atoms in total. The van der Waals surface area contributed by atoms with Crippen LogP contribution in [-0.2, 0) is 15.0 Å². The van der Waals surface area contributed by atoms with E-state index < -0.39 is 15.5 Å². The molecule has 0 radical (unpaired) electrons. The maximum atomic E-state index is 13.0. The van der Waals surface area contributed by atoms with E-state index in [1.165, 1.54) is 11.0 Å². The van der Waals surface area contributed by atoms with E-state index in [-0.39, 0.29) is 31.8 Å². The number of hydrogen-bond acceptors (Lipinski definition) is 5. The first kappa shape index (κ1) is 21.2. The van der Waals surface area contributed by atoms with Crippen LogP contribution in [0.3, 0.4) is 0 Å². The highest BCUT2D eigenvalue weighted by Gasteiger charge is 2.30. The second-order valence-electron chi connectivity index (χ2n) is 6.45. The summed E-state index contributed by atoms with van der Waals surface area (Å²) in [6.07, 6.45) is 5.33. The second-order valence-corrected chi connectivity index (χ2v) is 8.06. The molecule has 0 bridgehead atoms. The lowest BCUT2D eigenvalue weighted by Gasteiger charge is -2.29. The fourth-order valence-corrected chi connectivity index (χ4v) is 3.64. The monoisotopic (exact) mass is 399 g/mol. The Hall–Kier alpha value is -2.09. The SMILES string of the molecule is CCCCOc1ccc(/C=C/C(=O)N2CCC(S(=O)(=O)F)CC2)cc1OC. The van der Waals surface area contributed by atoms with Gasteiger partial charge in [0.25, 0.3) is 0 Å². The standard InChI is InChI=1S/C19H26FNO5S/c1-3-4-13-26-17-7-5-15(14-18(17)25-2)6-8-19(22)21-11-9-16(10-12-21)27(20,23)24/h5-8,14,16H,3-4,9-13H2,1-2H3/b8-6+. The van der Waals surface area contributed by atoms with Crippen LogP contribution < -0.4 is 9.47 Å². The van der Waals surface area contributed by atoms with E-state index in [9.17, 15) is 17.1 Å². The highest BCUT2D eigenvalue weighted by molar-refractivity contribution is 7.87. The molecule has 150 valence electrons. The predicted octanol–water partition coefficient (Wildman–Crippen LogP) is 3.18. The van der Waals surface area contributed by atoms with Crippen molar-refractivity contribution in [1.82, 2.24) is 4.90 Å². The Morgan fingerprint density at radius 3 is 2.59 bits per heavy atom. The van der Waals surface area contributed by atoms with Crippen LogP contribution in [0.4, 0.5) is 3.89 Å². The Kier molecular flexibility index (Phi) is 7.65. The number of halogens is 1. The van der Waals surface area contributed by atoms with Crippen LogP contribution >= 0.6 is 0 Å². The van der Waals surface area contributed by atoms with Gasteiger partial charge in [-0.2, -0.15) is 8.42 Å². The lowest BCUT2D eigenvalue weighted by molar-refractivity contribution is -0.126. The Balaban J connectivity index is 1.96. The van der Waals surface area contributed by atoms with Crippen molar-refractivity contribution in [2.24, 2.45) is 0 Å². The van der Waals surface area contributed by atoms with Gasteiger partial charge in [-0.25, -0.2) is 0 Å². The van der Waals surface area contributed by atoms with Gasteiger partial charge in [0.1, 0.15) is 0 Å². The van der Waals surface area contributed by atoms with Crippen molar-refractivity contribution in [3.63, 3.8) is 0 Å². The van der Waals surface area contributed by atoms with E-state index >= 15 is 0 Å². The lowest BCUT2D eigenvalue weighted by Crippen LogP contribution is -2.41. The lowest BCUT2D eigenvalue weighted by atomic mass is 10.1. The normalized spacial score (nSPS) is 15.9. The molecule has 1 heterocycles. The van der Waals surface area contributed by atoms with Gasteiger partial charge >= 0.3 is 10.2 Å². The minimum absolute atomic E-state index is 0.121. The van der Waals surface area contributed by atoms with Crippen molar-refractivity contribution in [2.45, 2.75) is 37.9 Å². The third kappa shape index (κ3) is 6.23. The fraction of sp³-hybridized carbons (Fsp3) is 0.526. The smallest absolute Gasteiger partial charge is 0.305 e. The number of hydrogen-bond donors (Lipinski definition) is 0. The summed E-state index contributed by atoms with van der Waals surface area (Å²) in [5, 5.41) is -1.00. The Labute approximate surface area is 160 Å². The predicted molar refractivity (Wildman–Crippen MR) is 102 cm³/mol. The van der Waals surface area contributed by atoms with Gasteiger partial charge < -0.3 is 14.4 Å². The molecule has 1 fully saturated rings. The topological polar surface area (TPSA) is 72.9 Å². The molecular formula is C19H26FNO5S. The first-order valence-corrected chi connectivity index (χ1v) is 10.5. The molecular weight excluding hydrogens is 373 g/mol. The molecule has 0 spiro atoms. The van der Waals surface area contributed by atoms with Gasteiger partial charge in [0, 0.05) is 19.2 Å². The average molecular weight is 399 g/mol. The molecule has 2 rings (SSSR count). The number of benzene rings is 1. The molecule has 0 N–H and O–H groups in total. The maximum absolute atomic E-state index is 13.0. The Bertz CT molecular complexity index is 770. The highest BCUT2D eigenvalue weighted by Crippen LogP contribution is 2.29. The Morgan fingerprint density at radius 2 is 2.00 bits per heavy atom. The number of unbranched alkanes of at least 4 members (excludes halogenated alkanes) is 1. The molecule has 1 aromatic carbocycles. The number of likely N-dealkylation sites (tertiary alicyclic amines) is 1. The van der Waals surface area contributed by atoms with Crippen molar-refractivity contribution in [2.75, 3.05) is 26.8 Å². The van der Waals surface area contributed by atoms with Crippen LogP contribution in [0.5, 0.6) is 11.5 Å².